The van der Waals surface area contributed by atoms with Gasteiger partial charge in [-0.15, -0.1) is 0 Å². The van der Waals surface area contributed by atoms with Crippen LogP contribution in [0, 0.1) is 5.82 Å². The number of hydrogen-bond acceptors (Lipinski definition) is 2. The molecule has 0 saturated heterocycles. The lowest BCUT2D eigenvalue weighted by molar-refractivity contribution is -0.128. The van der Waals surface area contributed by atoms with Crippen LogP contribution in [-0.2, 0) is 11.2 Å². The second kappa shape index (κ2) is 10.4. The molecule has 0 unspecified atom stereocenters. The number of H-pyrrole nitrogens is 1. The number of carbonyl (C=O) groups is 2. The minimum atomic E-state index is -0.360. The van der Waals surface area contributed by atoms with Gasteiger partial charge >= 0.3 is 0 Å². The highest BCUT2D eigenvalue weighted by molar-refractivity contribution is 6.00. The molecule has 0 atom stereocenters. The Morgan fingerprint density at radius 3 is 2.53 bits per heavy atom. The summed E-state index contributed by atoms with van der Waals surface area (Å²) >= 11 is 0. The molecule has 1 aromatic heterocycles. The molecule has 0 aliphatic carbocycles. The SMILES string of the molecule is CC.CCCN(C)C(=O)c1cc2c(CC)cc(C3=CCCN(C(C)=O)C3)c(F)c2[nH]1. The van der Waals surface area contributed by atoms with Crippen LogP contribution >= 0.6 is 0 Å². The molecule has 3 rings (SSSR count). The Balaban J connectivity index is 0.00000155. The Hall–Kier alpha value is -2.63. The minimum absolute atomic E-state index is 0.00507. The Morgan fingerprint density at radius 1 is 1.23 bits per heavy atom. The molecular weight excluding hydrogens is 381 g/mol. The van der Waals surface area contributed by atoms with Crippen LogP contribution < -0.4 is 0 Å². The zero-order valence-electron chi connectivity index (χ0n) is 19.1. The first-order valence-electron chi connectivity index (χ1n) is 10.9. The van der Waals surface area contributed by atoms with Crippen LogP contribution in [0.5, 0.6) is 0 Å². The van der Waals surface area contributed by atoms with Gasteiger partial charge in [0.05, 0.1) is 5.52 Å². The van der Waals surface area contributed by atoms with Crippen molar-refractivity contribution in [1.82, 2.24) is 14.8 Å². The number of aryl methyl sites for hydroxylation is 1. The van der Waals surface area contributed by atoms with Crippen molar-refractivity contribution in [2.75, 3.05) is 26.7 Å². The van der Waals surface area contributed by atoms with Crippen molar-refractivity contribution in [3.05, 3.63) is 40.8 Å². The molecule has 0 bridgehead atoms. The van der Waals surface area contributed by atoms with Gasteiger partial charge in [0.2, 0.25) is 5.91 Å². The maximum Gasteiger partial charge on any atom is 0.270 e. The summed E-state index contributed by atoms with van der Waals surface area (Å²) in [6.07, 6.45) is 4.31. The van der Waals surface area contributed by atoms with Crippen LogP contribution in [-0.4, -0.2) is 53.3 Å². The van der Waals surface area contributed by atoms with Crippen LogP contribution in [0.4, 0.5) is 4.39 Å². The third-order valence-corrected chi connectivity index (χ3v) is 5.40. The lowest BCUT2D eigenvalue weighted by Gasteiger charge is -2.27. The zero-order valence-corrected chi connectivity index (χ0v) is 19.1. The Kier molecular flexibility index (Phi) is 8.21. The number of rotatable bonds is 5. The summed E-state index contributed by atoms with van der Waals surface area (Å²) in [5.74, 6) is -0.503. The third-order valence-electron chi connectivity index (χ3n) is 5.40. The molecule has 2 amide bonds. The largest absolute Gasteiger partial charge is 0.348 e. The van der Waals surface area contributed by atoms with Gasteiger partial charge in [0.1, 0.15) is 5.69 Å². The average Bonchev–Trinajstić information content (AvgIpc) is 3.21. The van der Waals surface area contributed by atoms with Crippen molar-refractivity contribution in [3.63, 3.8) is 0 Å². The fourth-order valence-electron chi connectivity index (χ4n) is 3.82. The van der Waals surface area contributed by atoms with Crippen LogP contribution in [0.15, 0.2) is 18.2 Å². The molecule has 5 nitrogen and oxygen atoms in total. The molecule has 0 spiro atoms. The van der Waals surface area contributed by atoms with Crippen molar-refractivity contribution >= 4 is 28.3 Å². The Labute approximate surface area is 178 Å². The maximum atomic E-state index is 15.4. The number of nitrogens with one attached hydrogen (secondary N) is 1. The quantitative estimate of drug-likeness (QED) is 0.746. The second-order valence-corrected chi connectivity index (χ2v) is 7.41. The number of aromatic nitrogens is 1. The molecule has 1 aliphatic heterocycles. The first-order valence-corrected chi connectivity index (χ1v) is 10.9. The third kappa shape index (κ3) is 4.74. The highest BCUT2D eigenvalue weighted by Gasteiger charge is 2.23. The van der Waals surface area contributed by atoms with Gasteiger partial charge < -0.3 is 14.8 Å². The first kappa shape index (κ1) is 23.6. The van der Waals surface area contributed by atoms with Gasteiger partial charge in [0.15, 0.2) is 5.82 Å². The van der Waals surface area contributed by atoms with Gasteiger partial charge in [-0.2, -0.15) is 0 Å². The van der Waals surface area contributed by atoms with E-state index < -0.39 is 0 Å². The van der Waals surface area contributed by atoms with E-state index in [0.717, 1.165) is 29.4 Å². The number of carbonyl (C=O) groups excluding carboxylic acids is 2. The molecule has 2 aromatic rings. The van der Waals surface area contributed by atoms with Crippen molar-refractivity contribution in [3.8, 4) is 0 Å². The summed E-state index contributed by atoms with van der Waals surface area (Å²) in [6, 6.07) is 3.62. The molecule has 0 saturated carbocycles. The molecule has 2 heterocycles. The normalized spacial score (nSPS) is 13.6. The molecule has 30 heavy (non-hydrogen) atoms. The molecular formula is C24H34FN3O2. The summed E-state index contributed by atoms with van der Waals surface area (Å²) < 4.78 is 15.4. The van der Waals surface area contributed by atoms with Gasteiger partial charge in [-0.05, 0) is 42.5 Å². The van der Waals surface area contributed by atoms with E-state index in [1.807, 2.05) is 39.8 Å². The monoisotopic (exact) mass is 415 g/mol. The van der Waals surface area contributed by atoms with E-state index in [2.05, 4.69) is 4.98 Å². The highest BCUT2D eigenvalue weighted by atomic mass is 19.1. The van der Waals surface area contributed by atoms with E-state index in [-0.39, 0.29) is 17.6 Å². The van der Waals surface area contributed by atoms with Crippen LogP contribution in [0.2, 0.25) is 0 Å². The van der Waals surface area contributed by atoms with Crippen LogP contribution in [0.3, 0.4) is 0 Å². The van der Waals surface area contributed by atoms with E-state index in [1.165, 1.54) is 6.92 Å². The second-order valence-electron chi connectivity index (χ2n) is 7.41. The van der Waals surface area contributed by atoms with Crippen molar-refractivity contribution in [2.24, 2.45) is 0 Å². The predicted molar refractivity (Wildman–Crippen MR) is 121 cm³/mol. The number of benzene rings is 1. The summed E-state index contributed by atoms with van der Waals surface area (Å²) in [4.78, 5) is 30.8. The molecule has 164 valence electrons. The van der Waals surface area contributed by atoms with Gasteiger partial charge in [0, 0.05) is 44.6 Å². The Morgan fingerprint density at radius 2 is 1.93 bits per heavy atom. The Bertz CT molecular complexity index is 946. The number of halogens is 1. The van der Waals surface area contributed by atoms with Crippen molar-refractivity contribution in [1.29, 1.82) is 0 Å². The molecule has 0 radical (unpaired) electrons. The van der Waals surface area contributed by atoms with Crippen LogP contribution in [0.1, 0.15) is 69.1 Å². The molecule has 1 aromatic carbocycles. The smallest absolute Gasteiger partial charge is 0.270 e. The number of hydrogen-bond donors (Lipinski definition) is 1. The first-order chi connectivity index (χ1) is 14.4. The van der Waals surface area contributed by atoms with E-state index >= 15 is 4.39 Å². The lowest BCUT2D eigenvalue weighted by Crippen LogP contribution is -2.33. The van der Waals surface area contributed by atoms with Gasteiger partial charge in [-0.1, -0.05) is 33.8 Å². The fraction of sp³-hybridized carbons (Fsp3) is 0.500. The number of nitrogens with zero attached hydrogens (tertiary/aromatic N) is 2. The van der Waals surface area contributed by atoms with E-state index in [1.54, 1.807) is 22.9 Å². The van der Waals surface area contributed by atoms with Gasteiger partial charge in [-0.3, -0.25) is 9.59 Å². The lowest BCUT2D eigenvalue weighted by atomic mass is 9.95. The van der Waals surface area contributed by atoms with Crippen molar-refractivity contribution in [2.45, 2.75) is 53.9 Å². The maximum absolute atomic E-state index is 15.4. The summed E-state index contributed by atoms with van der Waals surface area (Å²) in [5, 5.41) is 0.747. The molecule has 0 fully saturated rings. The number of fused-ring (bicyclic) bond motifs is 1. The van der Waals surface area contributed by atoms with Crippen molar-refractivity contribution < 1.29 is 14.0 Å². The fourth-order valence-corrected chi connectivity index (χ4v) is 3.82. The number of amides is 2. The van der Waals surface area contributed by atoms with Gasteiger partial charge in [0.25, 0.3) is 5.91 Å². The van der Waals surface area contributed by atoms with Gasteiger partial charge in [-0.25, -0.2) is 4.39 Å². The summed E-state index contributed by atoms with van der Waals surface area (Å²) in [6.45, 7) is 11.3. The minimum Gasteiger partial charge on any atom is -0.348 e. The zero-order chi connectivity index (χ0) is 22.4. The van der Waals surface area contributed by atoms with E-state index in [4.69, 9.17) is 0 Å². The van der Waals surface area contributed by atoms with E-state index in [0.29, 0.717) is 42.8 Å². The summed E-state index contributed by atoms with van der Waals surface area (Å²) in [7, 11) is 1.75. The standard InChI is InChI=1S/C22H28FN3O2.C2H6/c1-5-9-25(4)22(28)19-12-18-15(6-2)11-17(20(23)21(18)24-19)16-8-7-10-26(13-16)14(3)27;1-2/h8,11-12,24H,5-7,9-10,13H2,1-4H3;1-2H3. The summed E-state index contributed by atoms with van der Waals surface area (Å²) in [5.41, 5.74) is 3.09. The van der Waals surface area contributed by atoms with Crippen LogP contribution in [0.25, 0.3) is 16.5 Å². The van der Waals surface area contributed by atoms with E-state index in [9.17, 15) is 9.59 Å². The molecule has 6 heteroatoms. The topological polar surface area (TPSA) is 56.4 Å². The predicted octanol–water partition coefficient (Wildman–Crippen LogP) is 5.01. The molecule has 1 N–H and O–H groups in total. The number of aromatic amines is 1. The highest BCUT2D eigenvalue weighted by Crippen LogP contribution is 2.32. The average molecular weight is 416 g/mol. The molecule has 1 aliphatic rings.